The fraction of sp³-hybridized carbons (Fsp3) is 0.267. The summed E-state index contributed by atoms with van der Waals surface area (Å²) in [6.45, 7) is 2.51. The number of carbonyl (C=O) groups is 1. The molecule has 0 saturated heterocycles. The highest BCUT2D eigenvalue weighted by Gasteiger charge is 2.33. The van der Waals surface area contributed by atoms with Crippen molar-refractivity contribution in [3.63, 3.8) is 0 Å². The summed E-state index contributed by atoms with van der Waals surface area (Å²) in [5, 5.41) is 0.827. The Kier molecular flexibility index (Phi) is 7.05. The van der Waals surface area contributed by atoms with Crippen molar-refractivity contribution in [2.45, 2.75) is 25.8 Å². The normalized spacial score (nSPS) is 14.7. The topological polar surface area (TPSA) is 78.2 Å². The third-order valence-electron chi connectivity index (χ3n) is 6.92. The summed E-state index contributed by atoms with van der Waals surface area (Å²) in [7, 11) is 3.16. The van der Waals surface area contributed by atoms with E-state index in [1.54, 1.807) is 37.3 Å². The van der Waals surface area contributed by atoms with E-state index >= 15 is 0 Å². The summed E-state index contributed by atoms with van der Waals surface area (Å²) in [6, 6.07) is 16.2. The van der Waals surface area contributed by atoms with Gasteiger partial charge in [-0.3, -0.25) is 4.79 Å². The molecule has 3 aromatic carbocycles. The van der Waals surface area contributed by atoms with Crippen LogP contribution >= 0.6 is 0 Å². The highest BCUT2D eigenvalue weighted by molar-refractivity contribution is 5.81. The van der Waals surface area contributed by atoms with Gasteiger partial charge < -0.3 is 23.5 Å². The van der Waals surface area contributed by atoms with Crippen LogP contribution in [-0.4, -0.2) is 38.2 Å². The molecule has 0 saturated carbocycles. The predicted molar refractivity (Wildman–Crippen MR) is 141 cm³/mol. The van der Waals surface area contributed by atoms with Crippen LogP contribution in [0.25, 0.3) is 11.0 Å². The van der Waals surface area contributed by atoms with E-state index in [2.05, 4.69) is 0 Å². The quantitative estimate of drug-likeness (QED) is 0.321. The minimum absolute atomic E-state index is 0.0919. The van der Waals surface area contributed by atoms with Gasteiger partial charge in [-0.15, -0.1) is 0 Å². The summed E-state index contributed by atoms with van der Waals surface area (Å²) >= 11 is 0. The number of amides is 1. The molecule has 5 rings (SSSR count). The lowest BCUT2D eigenvalue weighted by Gasteiger charge is -2.37. The number of hydrogen-bond donors (Lipinski definition) is 0. The lowest BCUT2D eigenvalue weighted by Crippen LogP contribution is -2.43. The number of hydrogen-bond acceptors (Lipinski definition) is 6. The van der Waals surface area contributed by atoms with E-state index in [9.17, 15) is 14.0 Å². The zero-order chi connectivity index (χ0) is 26.8. The minimum Gasteiger partial charge on any atom is -0.493 e. The van der Waals surface area contributed by atoms with Crippen molar-refractivity contribution in [3.05, 3.63) is 99.2 Å². The minimum atomic E-state index is -0.424. The van der Waals surface area contributed by atoms with Gasteiger partial charge in [0.25, 0.3) is 0 Å². The lowest BCUT2D eigenvalue weighted by atomic mass is 9.91. The number of methoxy groups -OCH3 is 2. The largest absolute Gasteiger partial charge is 0.493 e. The Morgan fingerprint density at radius 2 is 1.76 bits per heavy atom. The molecule has 1 amide bonds. The molecule has 0 unspecified atom stereocenters. The van der Waals surface area contributed by atoms with Gasteiger partial charge in [0.15, 0.2) is 11.5 Å². The number of benzene rings is 3. The Morgan fingerprint density at radius 1 is 1.03 bits per heavy atom. The molecule has 1 aliphatic heterocycles. The third kappa shape index (κ3) is 5.07. The Labute approximate surface area is 219 Å². The number of halogens is 1. The lowest BCUT2D eigenvalue weighted by molar-refractivity contribution is -0.134. The molecule has 0 N–H and O–H groups in total. The summed E-state index contributed by atoms with van der Waals surface area (Å²) in [5.74, 6) is 1.27. The second-order valence-corrected chi connectivity index (χ2v) is 9.28. The van der Waals surface area contributed by atoms with Gasteiger partial charge in [0.2, 0.25) is 5.91 Å². The van der Waals surface area contributed by atoms with E-state index in [1.807, 2.05) is 31.2 Å². The number of fused-ring (bicyclic) bond motifs is 2. The summed E-state index contributed by atoms with van der Waals surface area (Å²) in [6.07, 6.45) is 0.779. The summed E-state index contributed by atoms with van der Waals surface area (Å²) in [5.41, 5.74) is 3.52. The number of nitrogens with zero attached hydrogens (tertiary/aromatic N) is 1. The molecule has 196 valence electrons. The molecule has 8 heteroatoms. The number of ether oxygens (including phenoxy) is 3. The van der Waals surface area contributed by atoms with Crippen LogP contribution in [0.2, 0.25) is 0 Å². The molecule has 0 radical (unpaired) electrons. The van der Waals surface area contributed by atoms with Crippen molar-refractivity contribution >= 4 is 16.9 Å². The van der Waals surface area contributed by atoms with E-state index < -0.39 is 11.7 Å². The Morgan fingerprint density at radius 3 is 2.50 bits per heavy atom. The molecule has 0 aliphatic carbocycles. The average molecular weight is 518 g/mol. The van der Waals surface area contributed by atoms with Crippen molar-refractivity contribution in [1.29, 1.82) is 0 Å². The first-order valence-corrected chi connectivity index (χ1v) is 12.3. The van der Waals surface area contributed by atoms with Crippen LogP contribution in [0.4, 0.5) is 4.39 Å². The maximum atomic E-state index is 13.5. The molecule has 0 fully saturated rings. The first-order valence-electron chi connectivity index (χ1n) is 12.3. The zero-order valence-corrected chi connectivity index (χ0v) is 21.5. The van der Waals surface area contributed by atoms with Crippen molar-refractivity contribution in [2.75, 3.05) is 27.4 Å². The fourth-order valence-electron chi connectivity index (χ4n) is 4.96. The Balaban J connectivity index is 1.47. The van der Waals surface area contributed by atoms with Gasteiger partial charge >= 0.3 is 5.63 Å². The SMILES string of the molecule is COc1cc2c(cc1OC)[C@H](COc1ccc3c(C)cc(=O)oc3c1)N(C(=O)Cc1ccc(F)cc1)CC2. The molecule has 1 aliphatic rings. The molecular formula is C30H28FNO6. The van der Waals surface area contributed by atoms with E-state index in [1.165, 1.54) is 18.2 Å². The van der Waals surface area contributed by atoms with Crippen LogP contribution in [0.15, 0.2) is 69.9 Å². The first-order chi connectivity index (χ1) is 18.4. The number of carbonyl (C=O) groups excluding carboxylic acids is 1. The average Bonchev–Trinajstić information content (AvgIpc) is 2.91. The molecular weight excluding hydrogens is 489 g/mol. The van der Waals surface area contributed by atoms with Crippen LogP contribution in [0.3, 0.4) is 0 Å². The molecule has 1 aromatic heterocycles. The van der Waals surface area contributed by atoms with Gasteiger partial charge in [0, 0.05) is 24.1 Å². The maximum Gasteiger partial charge on any atom is 0.336 e. The summed E-state index contributed by atoms with van der Waals surface area (Å²) < 4.78 is 36.0. The number of aryl methyl sites for hydroxylation is 1. The summed E-state index contributed by atoms with van der Waals surface area (Å²) in [4.78, 5) is 27.1. The standard InChI is InChI=1S/C30H28FNO6/c1-18-12-30(34)38-26-15-22(8-9-23(18)26)37-17-25-24-16-28(36-3)27(35-2)14-20(24)10-11-32(25)29(33)13-19-4-6-21(31)7-5-19/h4-9,12,14-16,25H,10-11,13,17H2,1-3H3/t25-/m0/s1. The van der Waals surface area contributed by atoms with E-state index in [0.29, 0.717) is 35.8 Å². The highest BCUT2D eigenvalue weighted by Crippen LogP contribution is 2.39. The zero-order valence-electron chi connectivity index (χ0n) is 21.5. The van der Waals surface area contributed by atoms with Gasteiger partial charge in [-0.1, -0.05) is 12.1 Å². The molecule has 4 aromatic rings. The molecule has 0 spiro atoms. The van der Waals surface area contributed by atoms with Gasteiger partial charge in [-0.25, -0.2) is 9.18 Å². The van der Waals surface area contributed by atoms with Crippen molar-refractivity contribution < 1.29 is 27.8 Å². The van der Waals surface area contributed by atoms with E-state index in [4.69, 9.17) is 18.6 Å². The van der Waals surface area contributed by atoms with E-state index in [-0.39, 0.29) is 24.8 Å². The Hall–Kier alpha value is -4.33. The van der Waals surface area contributed by atoms with Crippen molar-refractivity contribution in [1.82, 2.24) is 4.90 Å². The van der Waals surface area contributed by atoms with Crippen molar-refractivity contribution in [2.24, 2.45) is 0 Å². The van der Waals surface area contributed by atoms with E-state index in [0.717, 1.165) is 27.6 Å². The first kappa shape index (κ1) is 25.3. The maximum absolute atomic E-state index is 13.5. The predicted octanol–water partition coefficient (Wildman–Crippen LogP) is 5.01. The molecule has 0 bridgehead atoms. The van der Waals surface area contributed by atoms with Gasteiger partial charge in [-0.2, -0.15) is 0 Å². The van der Waals surface area contributed by atoms with Crippen LogP contribution < -0.4 is 19.8 Å². The van der Waals surface area contributed by atoms with Gasteiger partial charge in [-0.05, 0) is 72.0 Å². The van der Waals surface area contributed by atoms with Crippen LogP contribution in [0, 0.1) is 12.7 Å². The van der Waals surface area contributed by atoms with Crippen LogP contribution in [0.5, 0.6) is 17.2 Å². The number of rotatable bonds is 7. The van der Waals surface area contributed by atoms with Crippen LogP contribution in [0.1, 0.15) is 28.3 Å². The second-order valence-electron chi connectivity index (χ2n) is 9.28. The molecule has 1 atom stereocenters. The smallest absolute Gasteiger partial charge is 0.336 e. The van der Waals surface area contributed by atoms with Crippen LogP contribution in [-0.2, 0) is 17.6 Å². The Bertz CT molecular complexity index is 1550. The molecule has 2 heterocycles. The molecule has 38 heavy (non-hydrogen) atoms. The van der Waals surface area contributed by atoms with Gasteiger partial charge in [0.1, 0.15) is 23.8 Å². The molecule has 7 nitrogen and oxygen atoms in total. The third-order valence-corrected chi connectivity index (χ3v) is 6.92. The highest BCUT2D eigenvalue weighted by atomic mass is 19.1. The van der Waals surface area contributed by atoms with Crippen molar-refractivity contribution in [3.8, 4) is 17.2 Å². The second kappa shape index (κ2) is 10.6. The van der Waals surface area contributed by atoms with Gasteiger partial charge in [0.05, 0.1) is 26.7 Å². The fourth-order valence-corrected chi connectivity index (χ4v) is 4.96. The monoisotopic (exact) mass is 517 g/mol.